The number of hydrogen-bond donors (Lipinski definition) is 2. The van der Waals surface area contributed by atoms with Gasteiger partial charge in [0.15, 0.2) is 10.8 Å². The van der Waals surface area contributed by atoms with E-state index in [1.807, 2.05) is 0 Å². The van der Waals surface area contributed by atoms with Gasteiger partial charge in [-0.2, -0.15) is 0 Å². The fourth-order valence-electron chi connectivity index (χ4n) is 2.38. The molecule has 1 saturated carbocycles. The quantitative estimate of drug-likeness (QED) is 0.775. The second kappa shape index (κ2) is 8.14. The number of halogens is 1. The zero-order valence-electron chi connectivity index (χ0n) is 12.8. The minimum atomic E-state index is -1.11. The number of hydrogen-bond acceptors (Lipinski definition) is 5. The van der Waals surface area contributed by atoms with Crippen LogP contribution in [-0.2, 0) is 9.53 Å². The summed E-state index contributed by atoms with van der Waals surface area (Å²) in [6.45, 7) is 1.39. The summed E-state index contributed by atoms with van der Waals surface area (Å²) in [6, 6.07) is 2.49. The summed E-state index contributed by atoms with van der Waals surface area (Å²) >= 11 is 3.07. The molecule has 0 bridgehead atoms. The van der Waals surface area contributed by atoms with Crippen LogP contribution >= 0.6 is 15.9 Å². The molecule has 1 fully saturated rings. The van der Waals surface area contributed by atoms with Crippen LogP contribution < -0.4 is 10.6 Å². The summed E-state index contributed by atoms with van der Waals surface area (Å²) in [6.07, 6.45) is 4.05. The highest BCUT2D eigenvalue weighted by Crippen LogP contribution is 2.17. The Kier molecular flexibility index (Phi) is 6.20. The van der Waals surface area contributed by atoms with E-state index in [-0.39, 0.29) is 11.8 Å². The normalized spacial score (nSPS) is 16.4. The maximum absolute atomic E-state index is 11.9. The van der Waals surface area contributed by atoms with Crippen molar-refractivity contribution in [3.05, 3.63) is 22.6 Å². The van der Waals surface area contributed by atoms with Crippen LogP contribution in [-0.4, -0.2) is 30.1 Å². The summed E-state index contributed by atoms with van der Waals surface area (Å²) in [4.78, 5) is 35.4. The SMILES string of the molecule is C[C@H](OC(=O)c1ccc(Br)o1)C(=O)NC(=O)NC1CCCCC1. The van der Waals surface area contributed by atoms with Crippen LogP contribution in [0.4, 0.5) is 4.79 Å². The highest BCUT2D eigenvalue weighted by Gasteiger charge is 2.23. The number of carbonyl (C=O) groups is 3. The van der Waals surface area contributed by atoms with Gasteiger partial charge in [0.05, 0.1) is 0 Å². The number of carbonyl (C=O) groups excluding carboxylic acids is 3. The monoisotopic (exact) mass is 386 g/mol. The molecule has 1 heterocycles. The second-order valence-electron chi connectivity index (χ2n) is 5.45. The Morgan fingerprint density at radius 2 is 1.96 bits per heavy atom. The van der Waals surface area contributed by atoms with Crippen molar-refractivity contribution in [1.82, 2.24) is 10.6 Å². The molecule has 3 amide bonds. The number of furan rings is 1. The second-order valence-corrected chi connectivity index (χ2v) is 6.23. The Morgan fingerprint density at radius 1 is 1.26 bits per heavy atom. The summed E-state index contributed by atoms with van der Waals surface area (Å²) in [5.41, 5.74) is 0. The lowest BCUT2D eigenvalue weighted by molar-refractivity contribution is -0.128. The van der Waals surface area contributed by atoms with Gasteiger partial charge in [-0.25, -0.2) is 9.59 Å². The van der Waals surface area contributed by atoms with Crippen LogP contribution in [0.5, 0.6) is 0 Å². The first kappa shape index (κ1) is 17.5. The third-order valence-electron chi connectivity index (χ3n) is 3.60. The van der Waals surface area contributed by atoms with Crippen molar-refractivity contribution >= 4 is 33.8 Å². The van der Waals surface area contributed by atoms with Gasteiger partial charge in [0.25, 0.3) is 5.91 Å². The Hall–Kier alpha value is -1.83. The van der Waals surface area contributed by atoms with E-state index in [1.54, 1.807) is 6.07 Å². The van der Waals surface area contributed by atoms with Gasteiger partial charge >= 0.3 is 12.0 Å². The van der Waals surface area contributed by atoms with Gasteiger partial charge in [0.2, 0.25) is 5.76 Å². The molecule has 2 N–H and O–H groups in total. The first-order chi connectivity index (χ1) is 11.0. The number of urea groups is 1. The molecule has 7 nitrogen and oxygen atoms in total. The molecule has 23 heavy (non-hydrogen) atoms. The van der Waals surface area contributed by atoms with E-state index in [1.165, 1.54) is 19.4 Å². The summed E-state index contributed by atoms with van der Waals surface area (Å²) < 4.78 is 10.4. The number of amides is 3. The molecule has 0 saturated heterocycles. The van der Waals surface area contributed by atoms with Crippen molar-refractivity contribution in [2.24, 2.45) is 0 Å². The van der Waals surface area contributed by atoms with Gasteiger partial charge in [-0.05, 0) is 47.8 Å². The maximum atomic E-state index is 11.9. The fourth-order valence-corrected chi connectivity index (χ4v) is 2.68. The molecule has 126 valence electrons. The van der Waals surface area contributed by atoms with E-state index in [0.29, 0.717) is 4.67 Å². The van der Waals surface area contributed by atoms with Crippen LogP contribution in [0.15, 0.2) is 21.2 Å². The van der Waals surface area contributed by atoms with E-state index >= 15 is 0 Å². The van der Waals surface area contributed by atoms with Crippen molar-refractivity contribution in [2.45, 2.75) is 51.2 Å². The highest BCUT2D eigenvalue weighted by molar-refractivity contribution is 9.10. The number of rotatable bonds is 4. The molecule has 1 aliphatic rings. The molecule has 1 atom stereocenters. The van der Waals surface area contributed by atoms with Crippen molar-refractivity contribution < 1.29 is 23.5 Å². The minimum absolute atomic E-state index is 0.0248. The molecule has 1 aromatic heterocycles. The summed E-state index contributed by atoms with van der Waals surface area (Å²) in [7, 11) is 0. The van der Waals surface area contributed by atoms with E-state index in [2.05, 4.69) is 26.6 Å². The average molecular weight is 387 g/mol. The first-order valence-corrected chi connectivity index (χ1v) is 8.32. The van der Waals surface area contributed by atoms with Crippen molar-refractivity contribution in [1.29, 1.82) is 0 Å². The molecular weight excluding hydrogens is 368 g/mol. The molecule has 8 heteroatoms. The molecule has 1 aliphatic carbocycles. The third-order valence-corrected chi connectivity index (χ3v) is 4.03. The number of ether oxygens (including phenoxy) is 1. The smallest absolute Gasteiger partial charge is 0.375 e. The van der Waals surface area contributed by atoms with Gasteiger partial charge in [-0.3, -0.25) is 10.1 Å². The van der Waals surface area contributed by atoms with E-state index in [0.717, 1.165) is 25.7 Å². The molecule has 0 spiro atoms. The average Bonchev–Trinajstić information content (AvgIpc) is 2.94. The van der Waals surface area contributed by atoms with Crippen LogP contribution in [0.2, 0.25) is 0 Å². The number of esters is 1. The third kappa shape index (κ3) is 5.38. The fraction of sp³-hybridized carbons (Fsp3) is 0.533. The van der Waals surface area contributed by atoms with Gasteiger partial charge in [0, 0.05) is 6.04 Å². The van der Waals surface area contributed by atoms with Crippen LogP contribution in [0.3, 0.4) is 0 Å². The van der Waals surface area contributed by atoms with Gasteiger partial charge in [-0.1, -0.05) is 19.3 Å². The van der Waals surface area contributed by atoms with Crippen molar-refractivity contribution in [2.75, 3.05) is 0 Å². The van der Waals surface area contributed by atoms with Crippen molar-refractivity contribution in [3.8, 4) is 0 Å². The minimum Gasteiger partial charge on any atom is -0.447 e. The van der Waals surface area contributed by atoms with Gasteiger partial charge < -0.3 is 14.5 Å². The predicted octanol–water partition coefficient (Wildman–Crippen LogP) is 2.75. The van der Waals surface area contributed by atoms with E-state index in [9.17, 15) is 14.4 Å². The topological polar surface area (TPSA) is 97.6 Å². The zero-order valence-corrected chi connectivity index (χ0v) is 14.4. The zero-order chi connectivity index (χ0) is 16.8. The molecule has 0 aliphatic heterocycles. The Morgan fingerprint density at radius 3 is 2.57 bits per heavy atom. The standard InChI is InChI=1S/C15H19BrN2O5/c1-9(22-14(20)11-7-8-12(16)23-11)13(19)18-15(21)17-10-5-3-2-4-6-10/h7-10H,2-6H2,1H3,(H2,17,18,19,21)/t9-/m0/s1. The molecule has 0 aromatic carbocycles. The lowest BCUT2D eigenvalue weighted by Gasteiger charge is -2.23. The largest absolute Gasteiger partial charge is 0.447 e. The first-order valence-electron chi connectivity index (χ1n) is 7.53. The predicted molar refractivity (Wildman–Crippen MR) is 84.8 cm³/mol. The molecular formula is C15H19BrN2O5. The molecule has 0 radical (unpaired) electrons. The van der Waals surface area contributed by atoms with E-state index < -0.39 is 24.0 Å². The van der Waals surface area contributed by atoms with Crippen LogP contribution in [0, 0.1) is 0 Å². The maximum Gasteiger partial charge on any atom is 0.375 e. The Labute approximate surface area is 142 Å². The molecule has 2 rings (SSSR count). The number of imide groups is 1. The van der Waals surface area contributed by atoms with Gasteiger partial charge in [0.1, 0.15) is 0 Å². The number of nitrogens with one attached hydrogen (secondary N) is 2. The lowest BCUT2D eigenvalue weighted by Crippen LogP contribution is -2.48. The lowest BCUT2D eigenvalue weighted by atomic mass is 9.96. The van der Waals surface area contributed by atoms with Crippen LogP contribution in [0.1, 0.15) is 49.6 Å². The highest BCUT2D eigenvalue weighted by atomic mass is 79.9. The van der Waals surface area contributed by atoms with Crippen LogP contribution in [0.25, 0.3) is 0 Å². The van der Waals surface area contributed by atoms with Gasteiger partial charge in [-0.15, -0.1) is 0 Å². The summed E-state index contributed by atoms with van der Waals surface area (Å²) in [5.74, 6) is -1.48. The molecule has 1 aromatic rings. The Bertz CT molecular complexity index is 580. The Balaban J connectivity index is 1.77. The van der Waals surface area contributed by atoms with E-state index in [4.69, 9.17) is 9.15 Å². The summed E-state index contributed by atoms with van der Waals surface area (Å²) in [5, 5.41) is 4.94. The molecule has 0 unspecified atom stereocenters. The van der Waals surface area contributed by atoms with Crippen molar-refractivity contribution in [3.63, 3.8) is 0 Å².